The second kappa shape index (κ2) is 8.13. The number of amides is 1. The van der Waals surface area contributed by atoms with Crippen molar-refractivity contribution in [3.05, 3.63) is 35.4 Å². The predicted molar refractivity (Wildman–Crippen MR) is 93.7 cm³/mol. The lowest BCUT2D eigenvalue weighted by atomic mass is 9.94. The van der Waals surface area contributed by atoms with Crippen LogP contribution in [-0.2, 0) is 9.53 Å². The van der Waals surface area contributed by atoms with Gasteiger partial charge in [-0.2, -0.15) is 0 Å². The lowest BCUT2D eigenvalue weighted by molar-refractivity contribution is -0.146. The van der Waals surface area contributed by atoms with Crippen molar-refractivity contribution in [3.63, 3.8) is 0 Å². The molecule has 2 fully saturated rings. The lowest BCUT2D eigenvalue weighted by Gasteiger charge is -2.37. The third-order valence-electron chi connectivity index (χ3n) is 4.89. The van der Waals surface area contributed by atoms with Gasteiger partial charge in [-0.3, -0.25) is 4.79 Å². The normalized spacial score (nSPS) is 27.6. The van der Waals surface area contributed by atoms with Gasteiger partial charge in [0.05, 0.1) is 12.1 Å². The van der Waals surface area contributed by atoms with Gasteiger partial charge in [0, 0.05) is 13.1 Å². The van der Waals surface area contributed by atoms with E-state index in [1.807, 2.05) is 4.90 Å². The van der Waals surface area contributed by atoms with Gasteiger partial charge < -0.3 is 15.4 Å². The minimum atomic E-state index is -0.292. The van der Waals surface area contributed by atoms with Crippen molar-refractivity contribution >= 4 is 18.3 Å². The van der Waals surface area contributed by atoms with Gasteiger partial charge in [0.2, 0.25) is 0 Å². The molecule has 0 aromatic heterocycles. The van der Waals surface area contributed by atoms with E-state index in [4.69, 9.17) is 10.5 Å². The number of nitrogens with zero attached hydrogens (tertiary/aromatic N) is 1. The van der Waals surface area contributed by atoms with Crippen LogP contribution in [0.2, 0.25) is 0 Å². The SMILES string of the molecule is Cc1ccc(C2CCCCN2C(=O)[C@@H]2CC[C@H](CN)O2)cc1.Cl. The molecule has 5 heteroatoms. The number of nitrogens with two attached hydrogens (primary N) is 1. The number of halogens is 1. The smallest absolute Gasteiger partial charge is 0.252 e. The molecule has 1 aromatic carbocycles. The summed E-state index contributed by atoms with van der Waals surface area (Å²) in [4.78, 5) is 14.9. The number of carbonyl (C=O) groups is 1. The van der Waals surface area contributed by atoms with E-state index in [0.29, 0.717) is 6.54 Å². The highest BCUT2D eigenvalue weighted by Gasteiger charge is 2.36. The first-order valence-electron chi connectivity index (χ1n) is 8.41. The summed E-state index contributed by atoms with van der Waals surface area (Å²) in [6.07, 6.45) is 4.77. The van der Waals surface area contributed by atoms with Gasteiger partial charge in [-0.05, 0) is 44.6 Å². The maximum Gasteiger partial charge on any atom is 0.252 e. The Kier molecular flexibility index (Phi) is 6.45. The summed E-state index contributed by atoms with van der Waals surface area (Å²) in [6.45, 7) is 3.43. The molecule has 1 amide bonds. The van der Waals surface area contributed by atoms with Gasteiger partial charge in [-0.15, -0.1) is 12.4 Å². The first-order valence-corrected chi connectivity index (χ1v) is 8.41. The van der Waals surface area contributed by atoms with Gasteiger partial charge in [-0.1, -0.05) is 29.8 Å². The van der Waals surface area contributed by atoms with Crippen molar-refractivity contribution in [1.29, 1.82) is 0 Å². The zero-order valence-corrected chi connectivity index (χ0v) is 14.6. The first-order chi connectivity index (χ1) is 10.7. The van der Waals surface area contributed by atoms with E-state index in [0.717, 1.165) is 32.2 Å². The fraction of sp³-hybridized carbons (Fsp3) is 0.611. The number of hydrogen-bond donors (Lipinski definition) is 1. The summed E-state index contributed by atoms with van der Waals surface area (Å²) in [6, 6.07) is 8.77. The molecule has 1 unspecified atom stereocenters. The molecule has 0 spiro atoms. The van der Waals surface area contributed by atoms with Gasteiger partial charge >= 0.3 is 0 Å². The van der Waals surface area contributed by atoms with Crippen LogP contribution in [0.4, 0.5) is 0 Å². The molecule has 1 aromatic rings. The Bertz CT molecular complexity index is 520. The zero-order valence-electron chi connectivity index (χ0n) is 13.7. The average Bonchev–Trinajstić information content (AvgIpc) is 3.04. The van der Waals surface area contributed by atoms with Crippen LogP contribution in [0.25, 0.3) is 0 Å². The molecule has 2 aliphatic heterocycles. The second-order valence-electron chi connectivity index (χ2n) is 6.51. The van der Waals surface area contributed by atoms with Crippen LogP contribution >= 0.6 is 12.4 Å². The van der Waals surface area contributed by atoms with Gasteiger partial charge in [0.25, 0.3) is 5.91 Å². The maximum absolute atomic E-state index is 12.9. The van der Waals surface area contributed by atoms with E-state index in [9.17, 15) is 4.79 Å². The topological polar surface area (TPSA) is 55.6 Å². The Hall–Kier alpha value is -1.10. The largest absolute Gasteiger partial charge is 0.364 e. The third-order valence-corrected chi connectivity index (χ3v) is 4.89. The van der Waals surface area contributed by atoms with E-state index < -0.39 is 0 Å². The standard InChI is InChI=1S/C18H26N2O2.ClH/c1-13-5-7-14(8-6-13)16-4-2-3-11-20(16)18(21)17-10-9-15(12-19)22-17;/h5-8,15-17H,2-4,9-12,19H2,1H3;1H/t15-,16?,17+;/m1./s1. The van der Waals surface area contributed by atoms with E-state index >= 15 is 0 Å². The summed E-state index contributed by atoms with van der Waals surface area (Å²) >= 11 is 0. The van der Waals surface area contributed by atoms with Crippen molar-refractivity contribution in [2.75, 3.05) is 13.1 Å². The fourth-order valence-corrected chi connectivity index (χ4v) is 3.58. The number of rotatable bonds is 3. The maximum atomic E-state index is 12.9. The molecule has 4 nitrogen and oxygen atoms in total. The van der Waals surface area contributed by atoms with Crippen molar-refractivity contribution in [2.24, 2.45) is 5.73 Å². The number of piperidine rings is 1. The molecule has 2 N–H and O–H groups in total. The molecule has 0 bridgehead atoms. The average molecular weight is 339 g/mol. The number of aryl methyl sites for hydroxylation is 1. The van der Waals surface area contributed by atoms with Gasteiger partial charge in [0.15, 0.2) is 0 Å². The lowest BCUT2D eigenvalue weighted by Crippen LogP contribution is -2.44. The minimum absolute atomic E-state index is 0. The predicted octanol–water partition coefficient (Wildman–Crippen LogP) is 2.98. The number of likely N-dealkylation sites (tertiary alicyclic amines) is 1. The molecule has 2 aliphatic rings. The molecule has 0 radical (unpaired) electrons. The van der Waals surface area contributed by atoms with Crippen LogP contribution < -0.4 is 5.73 Å². The molecule has 2 heterocycles. The van der Waals surface area contributed by atoms with Crippen molar-refractivity contribution in [1.82, 2.24) is 4.90 Å². The van der Waals surface area contributed by atoms with Crippen molar-refractivity contribution < 1.29 is 9.53 Å². The fourth-order valence-electron chi connectivity index (χ4n) is 3.58. The third kappa shape index (κ3) is 4.06. The van der Waals surface area contributed by atoms with E-state index in [1.165, 1.54) is 17.5 Å². The van der Waals surface area contributed by atoms with Crippen molar-refractivity contribution in [2.45, 2.75) is 57.3 Å². The van der Waals surface area contributed by atoms with Crippen LogP contribution in [0.3, 0.4) is 0 Å². The van der Waals surface area contributed by atoms with E-state index in [1.54, 1.807) is 0 Å². The molecule has 3 rings (SSSR count). The Morgan fingerprint density at radius 1 is 1.22 bits per heavy atom. The number of benzene rings is 1. The monoisotopic (exact) mass is 338 g/mol. The Morgan fingerprint density at radius 3 is 2.61 bits per heavy atom. The van der Waals surface area contributed by atoms with Crippen LogP contribution in [0.5, 0.6) is 0 Å². The Labute approximate surface area is 144 Å². The van der Waals surface area contributed by atoms with Crippen LogP contribution in [-0.4, -0.2) is 36.1 Å². The Morgan fingerprint density at radius 2 is 1.96 bits per heavy atom. The van der Waals surface area contributed by atoms with E-state index in [2.05, 4.69) is 31.2 Å². The second-order valence-corrected chi connectivity index (χ2v) is 6.51. The molecule has 0 saturated carbocycles. The zero-order chi connectivity index (χ0) is 15.5. The summed E-state index contributed by atoms with van der Waals surface area (Å²) in [5, 5.41) is 0. The Balaban J connectivity index is 0.00000192. The molecule has 128 valence electrons. The van der Waals surface area contributed by atoms with Gasteiger partial charge in [0.1, 0.15) is 6.10 Å². The summed E-state index contributed by atoms with van der Waals surface area (Å²) in [7, 11) is 0. The summed E-state index contributed by atoms with van der Waals surface area (Å²) in [5.74, 6) is 0.154. The highest BCUT2D eigenvalue weighted by molar-refractivity contribution is 5.85. The molecular weight excluding hydrogens is 312 g/mol. The highest BCUT2D eigenvalue weighted by atomic mass is 35.5. The quantitative estimate of drug-likeness (QED) is 0.921. The number of ether oxygens (including phenoxy) is 1. The molecular formula is C18H27ClN2O2. The number of carbonyl (C=O) groups excluding carboxylic acids is 1. The first kappa shape index (κ1) is 18.2. The summed E-state index contributed by atoms with van der Waals surface area (Å²) in [5.41, 5.74) is 8.15. The molecule has 2 saturated heterocycles. The van der Waals surface area contributed by atoms with Crippen LogP contribution in [0.1, 0.15) is 49.3 Å². The van der Waals surface area contributed by atoms with Gasteiger partial charge in [-0.25, -0.2) is 0 Å². The van der Waals surface area contributed by atoms with Crippen molar-refractivity contribution in [3.8, 4) is 0 Å². The molecule has 3 atom stereocenters. The van der Waals surface area contributed by atoms with Crippen LogP contribution in [0, 0.1) is 6.92 Å². The summed E-state index contributed by atoms with van der Waals surface area (Å²) < 4.78 is 5.81. The highest BCUT2D eigenvalue weighted by Crippen LogP contribution is 2.33. The van der Waals surface area contributed by atoms with E-state index in [-0.39, 0.29) is 36.6 Å². The minimum Gasteiger partial charge on any atom is -0.364 e. The number of hydrogen-bond acceptors (Lipinski definition) is 3. The molecule has 23 heavy (non-hydrogen) atoms. The molecule has 0 aliphatic carbocycles. The van der Waals surface area contributed by atoms with Crippen LogP contribution in [0.15, 0.2) is 24.3 Å².